The standard InChI is InChI=1S/C21H16O3/c1-23-14-8-10-16(20(12-14)24-2)15-9-6-13-7-11-19(22)18-5-3-4-17(15)21(13)18/h3-12H,1-2H3. The van der Waals surface area contributed by atoms with Crippen molar-refractivity contribution in [3.63, 3.8) is 0 Å². The SMILES string of the molecule is COc1ccc(-c2ccc3c4c(cccc24)C(=O)C=C3)c(OC)c1. The van der Waals surface area contributed by atoms with Crippen molar-refractivity contribution < 1.29 is 14.3 Å². The van der Waals surface area contributed by atoms with Crippen LogP contribution in [0.2, 0.25) is 0 Å². The Morgan fingerprint density at radius 2 is 1.62 bits per heavy atom. The summed E-state index contributed by atoms with van der Waals surface area (Å²) in [4.78, 5) is 12.2. The third-order valence-corrected chi connectivity index (χ3v) is 4.45. The van der Waals surface area contributed by atoms with Gasteiger partial charge in [0.25, 0.3) is 0 Å². The van der Waals surface area contributed by atoms with Gasteiger partial charge in [0, 0.05) is 22.6 Å². The molecule has 1 aliphatic carbocycles. The smallest absolute Gasteiger partial charge is 0.186 e. The minimum atomic E-state index is 0.0481. The Labute approximate surface area is 140 Å². The maximum atomic E-state index is 12.2. The van der Waals surface area contributed by atoms with Crippen LogP contribution in [0.15, 0.2) is 54.6 Å². The first kappa shape index (κ1) is 14.5. The van der Waals surface area contributed by atoms with Crippen LogP contribution >= 0.6 is 0 Å². The maximum absolute atomic E-state index is 12.2. The molecular weight excluding hydrogens is 300 g/mol. The second-order valence-corrected chi connectivity index (χ2v) is 5.69. The van der Waals surface area contributed by atoms with E-state index in [0.717, 1.165) is 44.5 Å². The van der Waals surface area contributed by atoms with Crippen LogP contribution in [0, 0.1) is 0 Å². The van der Waals surface area contributed by atoms with Crippen LogP contribution in [-0.4, -0.2) is 20.0 Å². The fourth-order valence-electron chi connectivity index (χ4n) is 3.29. The number of allylic oxidation sites excluding steroid dienone is 1. The topological polar surface area (TPSA) is 35.5 Å². The molecular formula is C21H16O3. The molecule has 3 aromatic carbocycles. The largest absolute Gasteiger partial charge is 0.497 e. The predicted octanol–water partition coefficient (Wildman–Crippen LogP) is 4.73. The van der Waals surface area contributed by atoms with E-state index in [2.05, 4.69) is 6.07 Å². The molecule has 0 N–H and O–H groups in total. The first-order valence-corrected chi connectivity index (χ1v) is 7.73. The van der Waals surface area contributed by atoms with Gasteiger partial charge in [0.2, 0.25) is 0 Å². The number of ketones is 1. The molecule has 0 heterocycles. The van der Waals surface area contributed by atoms with E-state index < -0.39 is 0 Å². The Hall–Kier alpha value is -3.07. The molecule has 3 heteroatoms. The number of methoxy groups -OCH3 is 2. The van der Waals surface area contributed by atoms with E-state index in [1.807, 2.05) is 48.5 Å². The normalized spacial score (nSPS) is 12.5. The first-order chi connectivity index (χ1) is 11.7. The van der Waals surface area contributed by atoms with Crippen LogP contribution in [0.5, 0.6) is 11.5 Å². The van der Waals surface area contributed by atoms with Gasteiger partial charge in [-0.05, 0) is 34.7 Å². The molecule has 0 aliphatic heterocycles. The first-order valence-electron chi connectivity index (χ1n) is 7.73. The highest BCUT2D eigenvalue weighted by molar-refractivity contribution is 6.21. The van der Waals surface area contributed by atoms with E-state index in [1.165, 1.54) is 0 Å². The molecule has 0 unspecified atom stereocenters. The summed E-state index contributed by atoms with van der Waals surface area (Å²) in [5.74, 6) is 1.54. The van der Waals surface area contributed by atoms with Crippen LogP contribution in [0.25, 0.3) is 28.0 Å². The van der Waals surface area contributed by atoms with Gasteiger partial charge >= 0.3 is 0 Å². The van der Waals surface area contributed by atoms with E-state index in [1.54, 1.807) is 20.3 Å². The highest BCUT2D eigenvalue weighted by atomic mass is 16.5. The average molecular weight is 316 g/mol. The van der Waals surface area contributed by atoms with Gasteiger partial charge in [0.15, 0.2) is 5.78 Å². The van der Waals surface area contributed by atoms with Gasteiger partial charge in [-0.2, -0.15) is 0 Å². The molecule has 0 saturated heterocycles. The van der Waals surface area contributed by atoms with Crippen molar-refractivity contribution in [1.82, 2.24) is 0 Å². The van der Waals surface area contributed by atoms with Gasteiger partial charge in [-0.15, -0.1) is 0 Å². The summed E-state index contributed by atoms with van der Waals surface area (Å²) < 4.78 is 10.8. The quantitative estimate of drug-likeness (QED) is 0.700. The number of rotatable bonds is 3. The number of carbonyl (C=O) groups excluding carboxylic acids is 1. The molecule has 0 bridgehead atoms. The fourth-order valence-corrected chi connectivity index (χ4v) is 3.29. The van der Waals surface area contributed by atoms with Crippen LogP contribution in [0.1, 0.15) is 15.9 Å². The van der Waals surface area contributed by atoms with Gasteiger partial charge in [-0.1, -0.05) is 36.4 Å². The maximum Gasteiger partial charge on any atom is 0.186 e. The highest BCUT2D eigenvalue weighted by Gasteiger charge is 2.18. The molecule has 118 valence electrons. The zero-order chi connectivity index (χ0) is 16.7. The van der Waals surface area contributed by atoms with Crippen LogP contribution < -0.4 is 9.47 Å². The lowest BCUT2D eigenvalue weighted by molar-refractivity contribution is 0.104. The second kappa shape index (κ2) is 5.53. The lowest BCUT2D eigenvalue weighted by Gasteiger charge is -2.17. The highest BCUT2D eigenvalue weighted by Crippen LogP contribution is 2.40. The Bertz CT molecular complexity index is 999. The summed E-state index contributed by atoms with van der Waals surface area (Å²) in [7, 11) is 3.28. The summed E-state index contributed by atoms with van der Waals surface area (Å²) in [6.07, 6.45) is 3.51. The Morgan fingerprint density at radius 3 is 2.42 bits per heavy atom. The van der Waals surface area contributed by atoms with Gasteiger partial charge in [-0.25, -0.2) is 0 Å². The van der Waals surface area contributed by atoms with Crippen molar-refractivity contribution in [2.45, 2.75) is 0 Å². The van der Waals surface area contributed by atoms with Crippen LogP contribution in [-0.2, 0) is 0 Å². The van der Waals surface area contributed by atoms with E-state index >= 15 is 0 Å². The molecule has 24 heavy (non-hydrogen) atoms. The molecule has 0 spiro atoms. The van der Waals surface area contributed by atoms with Crippen molar-refractivity contribution in [2.75, 3.05) is 14.2 Å². The Kier molecular flexibility index (Phi) is 3.35. The average Bonchev–Trinajstić information content (AvgIpc) is 2.64. The molecule has 0 amide bonds. The van der Waals surface area contributed by atoms with E-state index in [9.17, 15) is 4.79 Å². The monoisotopic (exact) mass is 316 g/mol. The summed E-state index contributed by atoms with van der Waals surface area (Å²) in [5.41, 5.74) is 3.83. The molecule has 3 nitrogen and oxygen atoms in total. The number of benzene rings is 3. The van der Waals surface area contributed by atoms with E-state index in [-0.39, 0.29) is 5.78 Å². The molecule has 0 atom stereocenters. The van der Waals surface area contributed by atoms with Gasteiger partial charge in [0.1, 0.15) is 11.5 Å². The minimum Gasteiger partial charge on any atom is -0.497 e. The summed E-state index contributed by atoms with van der Waals surface area (Å²) in [5, 5.41) is 2.05. The minimum absolute atomic E-state index is 0.0481. The lowest BCUT2D eigenvalue weighted by atomic mass is 9.88. The van der Waals surface area contributed by atoms with Gasteiger partial charge in [-0.3, -0.25) is 4.79 Å². The van der Waals surface area contributed by atoms with Crippen molar-refractivity contribution >= 4 is 22.6 Å². The molecule has 0 saturated carbocycles. The van der Waals surface area contributed by atoms with Gasteiger partial charge < -0.3 is 9.47 Å². The lowest BCUT2D eigenvalue weighted by Crippen LogP contribution is -2.02. The van der Waals surface area contributed by atoms with E-state index in [4.69, 9.17) is 9.47 Å². The summed E-state index contributed by atoms with van der Waals surface area (Å²) in [6, 6.07) is 15.8. The predicted molar refractivity (Wildman–Crippen MR) is 95.9 cm³/mol. The van der Waals surface area contributed by atoms with Crippen LogP contribution in [0.3, 0.4) is 0 Å². The summed E-state index contributed by atoms with van der Waals surface area (Å²) in [6.45, 7) is 0. The molecule has 3 aromatic rings. The summed E-state index contributed by atoms with van der Waals surface area (Å²) >= 11 is 0. The Morgan fingerprint density at radius 1 is 0.792 bits per heavy atom. The Balaban J connectivity index is 2.04. The van der Waals surface area contributed by atoms with Crippen molar-refractivity contribution in [1.29, 1.82) is 0 Å². The van der Waals surface area contributed by atoms with Crippen LogP contribution in [0.4, 0.5) is 0 Å². The number of ether oxygens (including phenoxy) is 2. The van der Waals surface area contributed by atoms with Crippen molar-refractivity contribution in [3.05, 3.63) is 65.7 Å². The molecule has 4 rings (SSSR count). The number of hydrogen-bond donors (Lipinski definition) is 0. The number of hydrogen-bond acceptors (Lipinski definition) is 3. The van der Waals surface area contributed by atoms with Crippen molar-refractivity contribution in [3.8, 4) is 22.6 Å². The van der Waals surface area contributed by atoms with Crippen molar-refractivity contribution in [2.24, 2.45) is 0 Å². The molecule has 1 aliphatic rings. The molecule has 0 radical (unpaired) electrons. The molecule has 0 aromatic heterocycles. The zero-order valence-corrected chi connectivity index (χ0v) is 13.5. The van der Waals surface area contributed by atoms with Gasteiger partial charge in [0.05, 0.1) is 14.2 Å². The molecule has 0 fully saturated rings. The van der Waals surface area contributed by atoms with E-state index in [0.29, 0.717) is 0 Å². The fraction of sp³-hybridized carbons (Fsp3) is 0.0952. The zero-order valence-electron chi connectivity index (χ0n) is 13.5. The number of carbonyl (C=O) groups is 1. The third-order valence-electron chi connectivity index (χ3n) is 4.45. The second-order valence-electron chi connectivity index (χ2n) is 5.69. The third kappa shape index (κ3) is 2.09.